The number of nitrogens with one attached hydrogen (secondary N) is 2. The smallest absolute Gasteiger partial charge is 0.269 e. The lowest BCUT2D eigenvalue weighted by molar-refractivity contribution is -0.314. The molecule has 2 atom stereocenters. The Bertz CT molecular complexity index is 530. The van der Waals surface area contributed by atoms with Crippen LogP contribution in [0, 0.1) is 11.8 Å². The van der Waals surface area contributed by atoms with Crippen LogP contribution in [0.25, 0.3) is 0 Å². The molecule has 1 aliphatic rings. The maximum absolute atomic E-state index is 12.0. The van der Waals surface area contributed by atoms with Crippen LogP contribution in [-0.2, 0) is 9.59 Å². The van der Waals surface area contributed by atoms with Crippen LogP contribution in [0.2, 0.25) is 0 Å². The molecule has 0 spiro atoms. The van der Waals surface area contributed by atoms with Gasteiger partial charge in [-0.3, -0.25) is 20.4 Å². The van der Waals surface area contributed by atoms with Gasteiger partial charge in [-0.1, -0.05) is 31.0 Å². The molecule has 1 aliphatic carbocycles. The molecule has 0 radical (unpaired) electrons. The van der Waals surface area contributed by atoms with Crippen LogP contribution in [-0.4, -0.2) is 17.8 Å². The monoisotopic (exact) mass is 289 g/mol. The van der Waals surface area contributed by atoms with Crippen molar-refractivity contribution in [1.29, 1.82) is 0 Å². The minimum absolute atomic E-state index is 0.415. The van der Waals surface area contributed by atoms with E-state index in [0.29, 0.717) is 18.4 Å². The molecule has 1 fully saturated rings. The summed E-state index contributed by atoms with van der Waals surface area (Å²) in [6, 6.07) is 8.44. The van der Waals surface area contributed by atoms with Crippen LogP contribution in [0.5, 0.6) is 0 Å². The number of aliphatic carboxylic acids is 1. The second kappa shape index (κ2) is 6.88. The van der Waals surface area contributed by atoms with Crippen LogP contribution >= 0.6 is 0 Å². The lowest BCUT2D eigenvalue weighted by Gasteiger charge is -2.31. The van der Waals surface area contributed by atoms with Gasteiger partial charge in [0.15, 0.2) is 0 Å². The average Bonchev–Trinajstić information content (AvgIpc) is 2.53. The van der Waals surface area contributed by atoms with Gasteiger partial charge in [0.1, 0.15) is 0 Å². The number of rotatable bonds is 3. The number of carbonyl (C=O) groups is 3. The van der Waals surface area contributed by atoms with Crippen LogP contribution in [0.15, 0.2) is 30.3 Å². The molecule has 0 bridgehead atoms. The second-order valence-electron chi connectivity index (χ2n) is 5.13. The van der Waals surface area contributed by atoms with Crippen molar-refractivity contribution in [2.24, 2.45) is 11.8 Å². The Morgan fingerprint density at radius 3 is 2.19 bits per heavy atom. The second-order valence-corrected chi connectivity index (χ2v) is 5.13. The minimum atomic E-state index is -1.20. The average molecular weight is 289 g/mol. The normalized spacial score (nSPS) is 21.3. The van der Waals surface area contributed by atoms with E-state index in [0.717, 1.165) is 12.8 Å². The first-order valence-electron chi connectivity index (χ1n) is 6.95. The minimum Gasteiger partial charge on any atom is -0.550 e. The van der Waals surface area contributed by atoms with Crippen LogP contribution in [0.3, 0.4) is 0 Å². The van der Waals surface area contributed by atoms with Crippen molar-refractivity contribution >= 4 is 17.8 Å². The summed E-state index contributed by atoms with van der Waals surface area (Å²) in [5, 5.41) is 11.1. The van der Waals surface area contributed by atoms with E-state index in [4.69, 9.17) is 0 Å². The molecule has 0 saturated heterocycles. The van der Waals surface area contributed by atoms with Gasteiger partial charge in [0, 0.05) is 23.4 Å². The number of carbonyl (C=O) groups excluding carboxylic acids is 3. The predicted molar refractivity (Wildman–Crippen MR) is 72.5 cm³/mol. The molecule has 21 heavy (non-hydrogen) atoms. The molecule has 6 nitrogen and oxygen atoms in total. The highest BCUT2D eigenvalue weighted by atomic mass is 16.4. The summed E-state index contributed by atoms with van der Waals surface area (Å²) in [6.07, 6.45) is 2.51. The van der Waals surface area contributed by atoms with Gasteiger partial charge >= 0.3 is 0 Å². The fourth-order valence-electron chi connectivity index (χ4n) is 2.60. The lowest BCUT2D eigenvalue weighted by atomic mass is 9.79. The number of amides is 2. The van der Waals surface area contributed by atoms with Crippen molar-refractivity contribution in [1.82, 2.24) is 10.9 Å². The third-order valence-corrected chi connectivity index (χ3v) is 3.74. The molecule has 0 heterocycles. The molecule has 0 aromatic heterocycles. The quantitative estimate of drug-likeness (QED) is 0.765. The highest BCUT2D eigenvalue weighted by Gasteiger charge is 2.31. The Morgan fingerprint density at radius 1 is 0.952 bits per heavy atom. The summed E-state index contributed by atoms with van der Waals surface area (Å²) in [4.78, 5) is 34.9. The number of hydrogen-bond acceptors (Lipinski definition) is 4. The first-order valence-corrected chi connectivity index (χ1v) is 6.95. The zero-order chi connectivity index (χ0) is 15.2. The van der Waals surface area contributed by atoms with Gasteiger partial charge in [0.05, 0.1) is 0 Å². The lowest BCUT2D eigenvalue weighted by Crippen LogP contribution is -2.49. The number of carboxylic acids is 1. The Hall–Kier alpha value is -2.37. The van der Waals surface area contributed by atoms with Crippen molar-refractivity contribution in [2.45, 2.75) is 25.7 Å². The Balaban J connectivity index is 1.92. The Labute approximate surface area is 122 Å². The zero-order valence-electron chi connectivity index (χ0n) is 11.5. The van der Waals surface area contributed by atoms with Crippen LogP contribution < -0.4 is 16.0 Å². The molecule has 2 rings (SSSR count). The van der Waals surface area contributed by atoms with Gasteiger partial charge in [0.2, 0.25) is 5.91 Å². The molecule has 6 heteroatoms. The van der Waals surface area contributed by atoms with E-state index >= 15 is 0 Å². The van der Waals surface area contributed by atoms with Gasteiger partial charge < -0.3 is 9.90 Å². The summed E-state index contributed by atoms with van der Waals surface area (Å²) in [7, 11) is 0. The Morgan fingerprint density at radius 2 is 1.57 bits per heavy atom. The van der Waals surface area contributed by atoms with Crippen LogP contribution in [0.4, 0.5) is 0 Å². The van der Waals surface area contributed by atoms with Gasteiger partial charge in [-0.15, -0.1) is 0 Å². The summed E-state index contributed by atoms with van der Waals surface area (Å²) < 4.78 is 0. The largest absolute Gasteiger partial charge is 0.550 e. The van der Waals surface area contributed by atoms with Crippen LogP contribution in [0.1, 0.15) is 36.0 Å². The fourth-order valence-corrected chi connectivity index (χ4v) is 2.60. The highest BCUT2D eigenvalue weighted by Crippen LogP contribution is 2.29. The highest BCUT2D eigenvalue weighted by molar-refractivity contribution is 5.95. The number of hydrogen-bond donors (Lipinski definition) is 2. The molecular formula is C15H17N2O4-. The predicted octanol–water partition coefficient (Wildman–Crippen LogP) is 0.00390. The fraction of sp³-hybridized carbons (Fsp3) is 0.400. The summed E-state index contributed by atoms with van der Waals surface area (Å²) >= 11 is 0. The van der Waals surface area contributed by atoms with Gasteiger partial charge in [-0.25, -0.2) is 0 Å². The van der Waals surface area contributed by atoms with E-state index < -0.39 is 29.6 Å². The van der Waals surface area contributed by atoms with E-state index in [1.54, 1.807) is 30.3 Å². The van der Waals surface area contributed by atoms with E-state index in [2.05, 4.69) is 10.9 Å². The molecule has 2 amide bonds. The Kier molecular flexibility index (Phi) is 4.92. The maximum Gasteiger partial charge on any atom is 0.269 e. The van der Waals surface area contributed by atoms with Gasteiger partial charge in [0.25, 0.3) is 5.91 Å². The summed E-state index contributed by atoms with van der Waals surface area (Å²) in [5.74, 6) is -3.56. The molecule has 1 aromatic carbocycles. The van der Waals surface area contributed by atoms with Crippen molar-refractivity contribution in [3.8, 4) is 0 Å². The van der Waals surface area contributed by atoms with Crippen molar-refractivity contribution in [3.05, 3.63) is 35.9 Å². The van der Waals surface area contributed by atoms with E-state index in [9.17, 15) is 19.5 Å². The number of carboxylic acid groups (broad SMARTS) is 1. The van der Waals surface area contributed by atoms with E-state index in [1.165, 1.54) is 0 Å². The first-order chi connectivity index (χ1) is 10.1. The van der Waals surface area contributed by atoms with Crippen molar-refractivity contribution in [2.75, 3.05) is 0 Å². The molecular weight excluding hydrogens is 272 g/mol. The molecule has 2 N–H and O–H groups in total. The van der Waals surface area contributed by atoms with Crippen molar-refractivity contribution in [3.63, 3.8) is 0 Å². The number of benzene rings is 1. The van der Waals surface area contributed by atoms with Gasteiger partial charge in [-0.2, -0.15) is 0 Å². The van der Waals surface area contributed by atoms with E-state index in [1.807, 2.05) is 0 Å². The van der Waals surface area contributed by atoms with Crippen molar-refractivity contribution < 1.29 is 19.5 Å². The number of hydrazine groups is 1. The summed E-state index contributed by atoms with van der Waals surface area (Å²) in [5.41, 5.74) is 5.02. The summed E-state index contributed by atoms with van der Waals surface area (Å²) in [6.45, 7) is 0. The SMILES string of the molecule is O=C(NNC(=O)C1CCCCC1C(=O)[O-])c1ccccc1. The third-order valence-electron chi connectivity index (χ3n) is 3.74. The topological polar surface area (TPSA) is 98.3 Å². The molecule has 2 unspecified atom stereocenters. The molecule has 0 aliphatic heterocycles. The first kappa shape index (κ1) is 15.0. The molecule has 1 aromatic rings. The third kappa shape index (κ3) is 3.81. The van der Waals surface area contributed by atoms with E-state index in [-0.39, 0.29) is 0 Å². The molecule has 1 saturated carbocycles. The standard InChI is InChI=1S/C15H18N2O4/c18-13(10-6-2-1-3-7-10)16-17-14(19)11-8-4-5-9-12(11)15(20)21/h1-3,6-7,11-12H,4-5,8-9H2,(H,16,18)(H,17,19)(H,20,21)/p-1. The maximum atomic E-state index is 12.0. The zero-order valence-corrected chi connectivity index (χ0v) is 11.5. The van der Waals surface area contributed by atoms with Gasteiger partial charge in [-0.05, 0) is 25.0 Å². The molecule has 112 valence electrons.